The zero-order chi connectivity index (χ0) is 22.8. The highest BCUT2D eigenvalue weighted by molar-refractivity contribution is 5.80. The van der Waals surface area contributed by atoms with E-state index in [1.54, 1.807) is 0 Å². The van der Waals surface area contributed by atoms with Crippen LogP contribution in [0.5, 0.6) is 0 Å². The molecule has 7 nitrogen and oxygen atoms in total. The molecule has 2 aromatic heterocycles. The van der Waals surface area contributed by atoms with Crippen molar-refractivity contribution in [1.82, 2.24) is 30.1 Å². The van der Waals surface area contributed by atoms with E-state index >= 15 is 0 Å². The summed E-state index contributed by atoms with van der Waals surface area (Å²) in [5.41, 5.74) is 3.85. The number of benzene rings is 2. The minimum absolute atomic E-state index is 0.0790. The molecule has 7 heteroatoms. The van der Waals surface area contributed by atoms with Crippen LogP contribution in [0.25, 0.3) is 10.9 Å². The second kappa shape index (κ2) is 9.27. The Morgan fingerprint density at radius 1 is 1.06 bits per heavy atom. The Labute approximate surface area is 193 Å². The average Bonchev–Trinajstić information content (AvgIpc) is 3.28. The maximum atomic E-state index is 13.3. The highest BCUT2D eigenvalue weighted by Crippen LogP contribution is 2.31. The Bertz CT molecular complexity index is 1290. The number of fused-ring (bicyclic) bond motifs is 1. The van der Waals surface area contributed by atoms with Crippen molar-refractivity contribution >= 4 is 10.9 Å². The molecule has 1 aliphatic heterocycles. The van der Waals surface area contributed by atoms with E-state index < -0.39 is 0 Å². The number of piperidine rings is 1. The first-order valence-corrected chi connectivity index (χ1v) is 11.8. The normalized spacial score (nSPS) is 16.3. The quantitative estimate of drug-likeness (QED) is 0.489. The molecule has 0 spiro atoms. The molecule has 1 fully saturated rings. The summed E-state index contributed by atoms with van der Waals surface area (Å²) < 4.78 is 1.84. The first kappa shape index (κ1) is 21.5. The molecule has 33 heavy (non-hydrogen) atoms. The highest BCUT2D eigenvalue weighted by atomic mass is 16.1. The topological polar surface area (TPSA) is 79.7 Å². The molecule has 1 atom stereocenters. The number of aryl methyl sites for hydroxylation is 1. The SMILES string of the molecule is CCc1ccc2[nH]c(=O)c(C(c3nnnn3Cc3ccccc3)N3CCC(C)CC3)cc2c1. The van der Waals surface area contributed by atoms with E-state index in [-0.39, 0.29) is 11.6 Å². The number of aromatic nitrogens is 5. The van der Waals surface area contributed by atoms with Crippen molar-refractivity contribution in [3.05, 3.63) is 87.5 Å². The molecule has 2 aromatic carbocycles. The van der Waals surface area contributed by atoms with Crippen LogP contribution in [0.15, 0.2) is 59.4 Å². The molecule has 1 N–H and O–H groups in total. The van der Waals surface area contributed by atoms with Crippen molar-refractivity contribution in [2.75, 3.05) is 13.1 Å². The lowest BCUT2D eigenvalue weighted by molar-refractivity contribution is 0.149. The Hall–Kier alpha value is -3.32. The Morgan fingerprint density at radius 2 is 1.85 bits per heavy atom. The van der Waals surface area contributed by atoms with Gasteiger partial charge in [0.1, 0.15) is 6.04 Å². The van der Waals surface area contributed by atoms with Crippen molar-refractivity contribution in [3.8, 4) is 0 Å². The van der Waals surface area contributed by atoms with Crippen LogP contribution in [-0.4, -0.2) is 43.2 Å². The van der Waals surface area contributed by atoms with Crippen molar-refractivity contribution in [3.63, 3.8) is 0 Å². The largest absolute Gasteiger partial charge is 0.322 e. The molecular formula is C26H30N6O. The van der Waals surface area contributed by atoms with Gasteiger partial charge in [0.25, 0.3) is 5.56 Å². The Kier molecular flexibility index (Phi) is 6.05. The summed E-state index contributed by atoms with van der Waals surface area (Å²) in [4.78, 5) is 18.8. The molecule has 0 radical (unpaired) electrons. The second-order valence-electron chi connectivity index (χ2n) is 9.13. The molecule has 0 amide bonds. The van der Waals surface area contributed by atoms with Crippen molar-refractivity contribution in [1.29, 1.82) is 0 Å². The zero-order valence-electron chi connectivity index (χ0n) is 19.2. The third-order valence-corrected chi connectivity index (χ3v) is 6.80. The molecule has 5 rings (SSSR count). The van der Waals surface area contributed by atoms with E-state index in [0.717, 1.165) is 48.8 Å². The van der Waals surface area contributed by atoms with Crippen LogP contribution < -0.4 is 5.56 Å². The van der Waals surface area contributed by atoms with E-state index in [0.29, 0.717) is 23.9 Å². The van der Waals surface area contributed by atoms with Gasteiger partial charge in [-0.15, -0.1) is 5.10 Å². The van der Waals surface area contributed by atoms with Crippen LogP contribution in [-0.2, 0) is 13.0 Å². The maximum Gasteiger partial charge on any atom is 0.253 e. The summed E-state index contributed by atoms with van der Waals surface area (Å²) in [5, 5.41) is 13.8. The van der Waals surface area contributed by atoms with Crippen molar-refractivity contribution in [2.24, 2.45) is 5.92 Å². The number of hydrogen-bond donors (Lipinski definition) is 1. The molecule has 0 bridgehead atoms. The number of nitrogens with zero attached hydrogens (tertiary/aromatic N) is 5. The summed E-state index contributed by atoms with van der Waals surface area (Å²) in [6.45, 7) is 6.83. The summed E-state index contributed by atoms with van der Waals surface area (Å²) in [7, 11) is 0. The van der Waals surface area contributed by atoms with Crippen molar-refractivity contribution in [2.45, 2.75) is 45.7 Å². The standard InChI is InChI=1S/C26H30N6O/c1-3-19-9-10-23-21(15-19)16-22(26(33)27-23)24(31-13-11-18(2)12-14-31)25-28-29-30-32(25)17-20-7-5-4-6-8-20/h4-10,15-16,18,24H,3,11-14,17H2,1-2H3,(H,27,33). The summed E-state index contributed by atoms with van der Waals surface area (Å²) in [6, 6.07) is 18.1. The predicted octanol–water partition coefficient (Wildman–Crippen LogP) is 3.95. The molecule has 0 saturated carbocycles. The lowest BCUT2D eigenvalue weighted by Gasteiger charge is -2.35. The maximum absolute atomic E-state index is 13.3. The van der Waals surface area contributed by atoms with E-state index in [4.69, 9.17) is 0 Å². The van der Waals surface area contributed by atoms with E-state index in [9.17, 15) is 4.79 Å². The first-order chi connectivity index (χ1) is 16.1. The van der Waals surface area contributed by atoms with Gasteiger partial charge in [-0.2, -0.15) is 0 Å². The molecule has 0 aliphatic carbocycles. The van der Waals surface area contributed by atoms with Gasteiger partial charge in [-0.25, -0.2) is 4.68 Å². The molecule has 1 aliphatic rings. The number of aromatic amines is 1. The van der Waals surface area contributed by atoms with Crippen LogP contribution in [0, 0.1) is 5.92 Å². The minimum atomic E-state index is -0.297. The molecule has 3 heterocycles. The van der Waals surface area contributed by atoms with Crippen LogP contribution in [0.1, 0.15) is 55.2 Å². The fourth-order valence-electron chi connectivity index (χ4n) is 4.76. The summed E-state index contributed by atoms with van der Waals surface area (Å²) >= 11 is 0. The first-order valence-electron chi connectivity index (χ1n) is 11.8. The molecule has 170 valence electrons. The van der Waals surface area contributed by atoms with Crippen LogP contribution in [0.3, 0.4) is 0 Å². The van der Waals surface area contributed by atoms with Gasteiger partial charge in [-0.3, -0.25) is 9.69 Å². The second-order valence-corrected chi connectivity index (χ2v) is 9.13. The Balaban J connectivity index is 1.61. The van der Waals surface area contributed by atoms with Gasteiger partial charge in [0.2, 0.25) is 0 Å². The van der Waals surface area contributed by atoms with Crippen molar-refractivity contribution < 1.29 is 0 Å². The van der Waals surface area contributed by atoms with Gasteiger partial charge >= 0.3 is 0 Å². The van der Waals surface area contributed by atoms with Gasteiger partial charge in [-0.1, -0.05) is 50.2 Å². The number of rotatable bonds is 6. The third kappa shape index (κ3) is 4.46. The minimum Gasteiger partial charge on any atom is -0.322 e. The van der Waals surface area contributed by atoms with E-state index in [2.05, 4.69) is 63.5 Å². The highest BCUT2D eigenvalue weighted by Gasteiger charge is 2.32. The number of nitrogens with one attached hydrogen (secondary N) is 1. The molecule has 1 saturated heterocycles. The fourth-order valence-corrected chi connectivity index (χ4v) is 4.76. The smallest absolute Gasteiger partial charge is 0.253 e. The third-order valence-electron chi connectivity index (χ3n) is 6.80. The molecule has 1 unspecified atom stereocenters. The number of hydrogen-bond acceptors (Lipinski definition) is 5. The van der Waals surface area contributed by atoms with Gasteiger partial charge in [0.05, 0.1) is 6.54 Å². The van der Waals surface area contributed by atoms with Gasteiger partial charge < -0.3 is 4.98 Å². The monoisotopic (exact) mass is 442 g/mol. The van der Waals surface area contributed by atoms with Gasteiger partial charge in [0, 0.05) is 11.1 Å². The van der Waals surface area contributed by atoms with Crippen LogP contribution in [0.2, 0.25) is 0 Å². The average molecular weight is 443 g/mol. The number of likely N-dealkylation sites (tertiary alicyclic amines) is 1. The van der Waals surface area contributed by atoms with Crippen LogP contribution >= 0.6 is 0 Å². The number of H-pyrrole nitrogens is 1. The van der Waals surface area contributed by atoms with Gasteiger partial charge in [0.15, 0.2) is 5.82 Å². The lowest BCUT2D eigenvalue weighted by atomic mass is 9.95. The number of tetrazole rings is 1. The lowest BCUT2D eigenvalue weighted by Crippen LogP contribution is -2.40. The molecular weight excluding hydrogens is 412 g/mol. The zero-order valence-corrected chi connectivity index (χ0v) is 19.2. The summed E-state index contributed by atoms with van der Waals surface area (Å²) in [5.74, 6) is 1.40. The number of pyridine rings is 1. The Morgan fingerprint density at radius 3 is 2.61 bits per heavy atom. The summed E-state index contributed by atoms with van der Waals surface area (Å²) in [6.07, 6.45) is 3.15. The predicted molar refractivity (Wildman–Crippen MR) is 129 cm³/mol. The fraction of sp³-hybridized carbons (Fsp3) is 0.385. The van der Waals surface area contributed by atoms with Gasteiger partial charge in [-0.05, 0) is 83.4 Å². The molecule has 4 aromatic rings. The van der Waals surface area contributed by atoms with E-state index in [1.165, 1.54) is 5.56 Å². The van der Waals surface area contributed by atoms with Crippen LogP contribution in [0.4, 0.5) is 0 Å². The van der Waals surface area contributed by atoms with E-state index in [1.807, 2.05) is 35.0 Å².